The maximum absolute atomic E-state index is 13.1. The van der Waals surface area contributed by atoms with Crippen LogP contribution in [-0.2, 0) is 23.1 Å². The van der Waals surface area contributed by atoms with E-state index in [1.54, 1.807) is 12.0 Å². The molecule has 2 aliphatic heterocycles. The monoisotopic (exact) mass is 478 g/mol. The highest BCUT2D eigenvalue weighted by Gasteiger charge is 2.38. The van der Waals surface area contributed by atoms with Gasteiger partial charge in [-0.15, -0.1) is 0 Å². The number of halogens is 3. The zero-order valence-electron chi connectivity index (χ0n) is 19.3. The van der Waals surface area contributed by atoms with Gasteiger partial charge in [0.15, 0.2) is 0 Å². The van der Waals surface area contributed by atoms with Gasteiger partial charge in [0.25, 0.3) is 0 Å². The van der Waals surface area contributed by atoms with Crippen LogP contribution in [0, 0.1) is 0 Å². The van der Waals surface area contributed by atoms with Crippen molar-refractivity contribution in [1.29, 1.82) is 0 Å². The summed E-state index contributed by atoms with van der Waals surface area (Å²) < 4.78 is 50.5. The van der Waals surface area contributed by atoms with Gasteiger partial charge >= 0.3 is 6.18 Å². The van der Waals surface area contributed by atoms with Gasteiger partial charge in [-0.3, -0.25) is 9.69 Å². The van der Waals surface area contributed by atoms with E-state index in [0.29, 0.717) is 18.8 Å². The minimum absolute atomic E-state index is 0.0738. The van der Waals surface area contributed by atoms with E-state index < -0.39 is 17.3 Å². The van der Waals surface area contributed by atoms with Crippen molar-refractivity contribution >= 4 is 5.91 Å². The summed E-state index contributed by atoms with van der Waals surface area (Å²) in [4.78, 5) is 16.7. The summed E-state index contributed by atoms with van der Waals surface area (Å²) in [7, 11) is 1.60. The first-order chi connectivity index (χ1) is 16.1. The van der Waals surface area contributed by atoms with Crippen LogP contribution in [0.15, 0.2) is 42.5 Å². The number of rotatable bonds is 4. The molecule has 0 spiro atoms. The lowest BCUT2D eigenvalue weighted by molar-refractivity contribution is -0.137. The van der Waals surface area contributed by atoms with Gasteiger partial charge in [0.1, 0.15) is 17.6 Å². The Labute approximate surface area is 196 Å². The highest BCUT2D eigenvalue weighted by molar-refractivity contribution is 5.78. The van der Waals surface area contributed by atoms with Crippen molar-refractivity contribution in [3.05, 3.63) is 59.2 Å². The second kappa shape index (κ2) is 9.46. The normalized spacial score (nSPS) is 20.8. The van der Waals surface area contributed by atoms with Crippen molar-refractivity contribution in [3.8, 4) is 11.5 Å². The zero-order chi connectivity index (χ0) is 24.5. The predicted octanol–water partition coefficient (Wildman–Crippen LogP) is 3.81. The fourth-order valence-electron chi connectivity index (χ4n) is 4.64. The molecule has 184 valence electrons. The van der Waals surface area contributed by atoms with Crippen LogP contribution in [0.2, 0.25) is 0 Å². The smallest absolute Gasteiger partial charge is 0.416 e. The van der Waals surface area contributed by atoms with Gasteiger partial charge in [-0.25, -0.2) is 0 Å². The first-order valence-electron chi connectivity index (χ1n) is 11.3. The Balaban J connectivity index is 1.39. The van der Waals surface area contributed by atoms with Gasteiger partial charge < -0.3 is 19.5 Å². The van der Waals surface area contributed by atoms with Crippen LogP contribution < -0.4 is 9.47 Å². The van der Waals surface area contributed by atoms with E-state index in [4.69, 9.17) is 9.47 Å². The second-order valence-corrected chi connectivity index (χ2v) is 9.06. The number of carbonyl (C=O) groups excluding carboxylic acids is 1. The fourth-order valence-corrected chi connectivity index (χ4v) is 4.64. The van der Waals surface area contributed by atoms with Crippen LogP contribution in [0.5, 0.6) is 11.5 Å². The highest BCUT2D eigenvalue weighted by Crippen LogP contribution is 2.37. The summed E-state index contributed by atoms with van der Waals surface area (Å²) in [6.07, 6.45) is -4.22. The molecule has 1 atom stereocenters. The topological polar surface area (TPSA) is 62.2 Å². The predicted molar refractivity (Wildman–Crippen MR) is 120 cm³/mol. The number of amides is 1. The number of alkyl halides is 3. The van der Waals surface area contributed by atoms with Gasteiger partial charge in [0.05, 0.1) is 24.8 Å². The van der Waals surface area contributed by atoms with Crippen LogP contribution in [0.4, 0.5) is 13.2 Å². The second-order valence-electron chi connectivity index (χ2n) is 9.06. The first kappa shape index (κ1) is 24.3. The molecule has 0 radical (unpaired) electrons. The lowest BCUT2D eigenvalue weighted by Crippen LogP contribution is -2.48. The first-order valence-corrected chi connectivity index (χ1v) is 11.3. The molecule has 2 aliphatic rings. The SMILES string of the molecule is COc1ccc2c(c1)OC(C)CN(CC(=O)N1CCC(O)(c3cccc(C(F)(F)F)c3)CC1)C2. The number of methoxy groups -OCH3 is 1. The number of aliphatic hydroxyl groups is 1. The lowest BCUT2D eigenvalue weighted by Gasteiger charge is -2.39. The highest BCUT2D eigenvalue weighted by atomic mass is 19.4. The number of benzene rings is 2. The summed E-state index contributed by atoms with van der Waals surface area (Å²) in [6, 6.07) is 10.4. The summed E-state index contributed by atoms with van der Waals surface area (Å²) in [5, 5.41) is 11.0. The molecule has 1 unspecified atom stereocenters. The Hall–Kier alpha value is -2.78. The molecule has 4 rings (SSSR count). The standard InChI is InChI=1S/C25H29F3N2O4/c1-17-14-29(15-18-6-7-21(33-2)13-22(18)34-17)16-23(31)30-10-8-24(32,9-11-30)19-4-3-5-20(12-19)25(26,27)28/h3-7,12-13,17,32H,8-11,14-16H2,1-2H3. The van der Waals surface area contributed by atoms with E-state index in [9.17, 15) is 23.1 Å². The molecule has 34 heavy (non-hydrogen) atoms. The molecule has 1 amide bonds. The van der Waals surface area contributed by atoms with Crippen molar-refractivity contribution in [1.82, 2.24) is 9.80 Å². The van der Waals surface area contributed by atoms with Crippen LogP contribution in [-0.4, -0.2) is 60.2 Å². The van der Waals surface area contributed by atoms with Crippen molar-refractivity contribution in [2.24, 2.45) is 0 Å². The average Bonchev–Trinajstić information content (AvgIpc) is 2.95. The van der Waals surface area contributed by atoms with E-state index in [1.807, 2.05) is 30.0 Å². The van der Waals surface area contributed by atoms with Gasteiger partial charge in [-0.1, -0.05) is 18.2 Å². The third-order valence-corrected chi connectivity index (χ3v) is 6.54. The summed E-state index contributed by atoms with van der Waals surface area (Å²) in [6.45, 7) is 3.82. The van der Waals surface area contributed by atoms with Gasteiger partial charge in [-0.2, -0.15) is 13.2 Å². The Morgan fingerprint density at radius 2 is 1.94 bits per heavy atom. The molecule has 2 aromatic carbocycles. The molecule has 2 aromatic rings. The Morgan fingerprint density at radius 3 is 2.62 bits per heavy atom. The molecule has 9 heteroatoms. The van der Waals surface area contributed by atoms with Crippen LogP contribution >= 0.6 is 0 Å². The molecular formula is C25H29F3N2O4. The number of piperidine rings is 1. The van der Waals surface area contributed by atoms with Crippen molar-refractivity contribution in [3.63, 3.8) is 0 Å². The number of ether oxygens (including phenoxy) is 2. The number of likely N-dealkylation sites (tertiary alicyclic amines) is 1. The molecular weight excluding hydrogens is 449 g/mol. The number of nitrogens with zero attached hydrogens (tertiary/aromatic N) is 2. The van der Waals surface area contributed by atoms with Gasteiger partial charge in [-0.05, 0) is 43.5 Å². The fraction of sp³-hybridized carbons (Fsp3) is 0.480. The number of carbonyl (C=O) groups is 1. The quantitative estimate of drug-likeness (QED) is 0.724. The largest absolute Gasteiger partial charge is 0.497 e. The molecule has 0 bridgehead atoms. The van der Waals surface area contributed by atoms with Gasteiger partial charge in [0.2, 0.25) is 5.91 Å². The molecule has 0 aromatic heterocycles. The third kappa shape index (κ3) is 5.31. The van der Waals surface area contributed by atoms with Crippen molar-refractivity contribution in [2.45, 2.75) is 44.2 Å². The lowest BCUT2D eigenvalue weighted by atomic mass is 9.83. The summed E-state index contributed by atoms with van der Waals surface area (Å²) in [5.74, 6) is 1.37. The molecule has 2 heterocycles. The molecule has 0 saturated carbocycles. The van der Waals surface area contributed by atoms with Gasteiger partial charge in [0, 0.05) is 37.8 Å². The number of hydrogen-bond acceptors (Lipinski definition) is 5. The molecule has 0 aliphatic carbocycles. The molecule has 1 saturated heterocycles. The minimum Gasteiger partial charge on any atom is -0.497 e. The zero-order valence-corrected chi connectivity index (χ0v) is 19.3. The van der Waals surface area contributed by atoms with Crippen LogP contribution in [0.25, 0.3) is 0 Å². The summed E-state index contributed by atoms with van der Waals surface area (Å²) >= 11 is 0. The minimum atomic E-state index is -4.47. The summed E-state index contributed by atoms with van der Waals surface area (Å²) in [5.41, 5.74) is -0.969. The van der Waals surface area contributed by atoms with E-state index in [-0.39, 0.29) is 50.1 Å². The third-order valence-electron chi connectivity index (χ3n) is 6.54. The van der Waals surface area contributed by atoms with Crippen LogP contribution in [0.3, 0.4) is 0 Å². The van der Waals surface area contributed by atoms with E-state index in [1.165, 1.54) is 12.1 Å². The Kier molecular flexibility index (Phi) is 6.78. The Morgan fingerprint density at radius 1 is 1.21 bits per heavy atom. The van der Waals surface area contributed by atoms with Crippen molar-refractivity contribution in [2.75, 3.05) is 33.3 Å². The van der Waals surface area contributed by atoms with E-state index >= 15 is 0 Å². The maximum Gasteiger partial charge on any atom is 0.416 e. The van der Waals surface area contributed by atoms with Crippen LogP contribution in [0.1, 0.15) is 36.5 Å². The Bertz CT molecular complexity index is 1040. The maximum atomic E-state index is 13.1. The average molecular weight is 479 g/mol. The van der Waals surface area contributed by atoms with E-state index in [2.05, 4.69) is 0 Å². The number of hydrogen-bond donors (Lipinski definition) is 1. The molecule has 6 nitrogen and oxygen atoms in total. The number of fused-ring (bicyclic) bond motifs is 1. The molecule has 1 fully saturated rings. The van der Waals surface area contributed by atoms with Crippen molar-refractivity contribution < 1.29 is 32.5 Å². The molecule has 1 N–H and O–H groups in total. The van der Waals surface area contributed by atoms with E-state index in [0.717, 1.165) is 23.4 Å².